The van der Waals surface area contributed by atoms with Gasteiger partial charge in [0.2, 0.25) is 0 Å². The molecule has 3 rings (SSSR count). The second-order valence-electron chi connectivity index (χ2n) is 6.20. The SMILES string of the molecule is CCOC(=O)N1CC[C@@H](NCc2n[nH]c3c2CCCCC3)C1. The average Bonchev–Trinajstić information content (AvgIpc) is 3.07. The van der Waals surface area contributed by atoms with Gasteiger partial charge in [-0.25, -0.2) is 4.79 Å². The largest absolute Gasteiger partial charge is 0.450 e. The summed E-state index contributed by atoms with van der Waals surface area (Å²) in [6, 6.07) is 0.336. The number of hydrogen-bond acceptors (Lipinski definition) is 4. The molecule has 2 aliphatic rings. The maximum Gasteiger partial charge on any atom is 0.409 e. The quantitative estimate of drug-likeness (QED) is 0.835. The van der Waals surface area contributed by atoms with Crippen molar-refractivity contribution in [1.82, 2.24) is 20.4 Å². The third-order valence-electron chi connectivity index (χ3n) is 4.66. The Bertz CT molecular complexity index is 514. The number of fused-ring (bicyclic) bond motifs is 1. The Hall–Kier alpha value is -1.56. The van der Waals surface area contributed by atoms with E-state index in [1.807, 2.05) is 6.92 Å². The van der Waals surface area contributed by atoms with Crippen LogP contribution in [0.3, 0.4) is 0 Å². The third kappa shape index (κ3) is 3.43. The molecule has 2 heterocycles. The average molecular weight is 306 g/mol. The van der Waals surface area contributed by atoms with Crippen LogP contribution in [0.5, 0.6) is 0 Å². The van der Waals surface area contributed by atoms with E-state index in [1.165, 1.54) is 30.5 Å². The molecule has 1 aromatic heterocycles. The maximum absolute atomic E-state index is 11.7. The number of aryl methyl sites for hydroxylation is 1. The van der Waals surface area contributed by atoms with Crippen molar-refractivity contribution in [2.24, 2.45) is 0 Å². The summed E-state index contributed by atoms with van der Waals surface area (Å²) in [7, 11) is 0. The standard InChI is InChI=1S/C16H26N4O2/c1-2-22-16(21)20-9-8-12(11-20)17-10-15-13-6-4-3-5-7-14(13)18-19-15/h12,17H,2-11H2,1H3,(H,18,19)/t12-/m1/s1. The van der Waals surface area contributed by atoms with Crippen LogP contribution in [0.1, 0.15) is 49.6 Å². The first-order valence-electron chi connectivity index (χ1n) is 8.48. The second-order valence-corrected chi connectivity index (χ2v) is 6.20. The molecule has 22 heavy (non-hydrogen) atoms. The van der Waals surface area contributed by atoms with E-state index < -0.39 is 0 Å². The number of rotatable bonds is 4. The number of carbonyl (C=O) groups is 1. The summed E-state index contributed by atoms with van der Waals surface area (Å²) in [4.78, 5) is 13.5. The molecule has 1 aliphatic heterocycles. The van der Waals surface area contributed by atoms with Gasteiger partial charge < -0.3 is 15.0 Å². The normalized spacial score (nSPS) is 21.5. The number of aromatic nitrogens is 2. The summed E-state index contributed by atoms with van der Waals surface area (Å²) in [5.41, 5.74) is 3.91. The van der Waals surface area contributed by atoms with Crippen molar-refractivity contribution in [3.8, 4) is 0 Å². The number of likely N-dealkylation sites (tertiary alicyclic amines) is 1. The molecule has 6 heteroatoms. The van der Waals surface area contributed by atoms with Gasteiger partial charge in [0.25, 0.3) is 0 Å². The predicted octanol–water partition coefficient (Wildman–Crippen LogP) is 2.00. The Labute approximate surface area is 131 Å². The molecule has 1 atom stereocenters. The zero-order valence-corrected chi connectivity index (χ0v) is 13.4. The van der Waals surface area contributed by atoms with Crippen LogP contribution in [-0.4, -0.2) is 46.9 Å². The van der Waals surface area contributed by atoms with E-state index in [-0.39, 0.29) is 6.09 Å². The highest BCUT2D eigenvalue weighted by Crippen LogP contribution is 2.22. The molecule has 2 N–H and O–H groups in total. The number of ether oxygens (including phenoxy) is 1. The van der Waals surface area contributed by atoms with Crippen LogP contribution in [0.4, 0.5) is 4.79 Å². The highest BCUT2D eigenvalue weighted by molar-refractivity contribution is 5.68. The van der Waals surface area contributed by atoms with Gasteiger partial charge >= 0.3 is 6.09 Å². The van der Waals surface area contributed by atoms with Crippen LogP contribution in [0.2, 0.25) is 0 Å². The number of nitrogens with zero attached hydrogens (tertiary/aromatic N) is 2. The number of nitrogens with one attached hydrogen (secondary N) is 2. The fraction of sp³-hybridized carbons (Fsp3) is 0.750. The minimum Gasteiger partial charge on any atom is -0.450 e. The predicted molar refractivity (Wildman–Crippen MR) is 83.7 cm³/mol. The smallest absolute Gasteiger partial charge is 0.409 e. The lowest BCUT2D eigenvalue weighted by Crippen LogP contribution is -2.35. The van der Waals surface area contributed by atoms with Crippen molar-refractivity contribution in [3.05, 3.63) is 17.0 Å². The first-order chi connectivity index (χ1) is 10.8. The molecule has 0 aromatic carbocycles. The summed E-state index contributed by atoms with van der Waals surface area (Å²) in [6.07, 6.45) is 6.89. The van der Waals surface area contributed by atoms with E-state index in [1.54, 1.807) is 4.90 Å². The van der Waals surface area contributed by atoms with Gasteiger partial charge in [-0.3, -0.25) is 5.10 Å². The molecule has 1 aliphatic carbocycles. The molecule has 0 radical (unpaired) electrons. The molecule has 1 amide bonds. The molecule has 0 bridgehead atoms. The Morgan fingerprint density at radius 3 is 3.14 bits per heavy atom. The van der Waals surface area contributed by atoms with E-state index in [2.05, 4.69) is 15.5 Å². The van der Waals surface area contributed by atoms with E-state index in [0.717, 1.165) is 44.6 Å². The van der Waals surface area contributed by atoms with Crippen LogP contribution < -0.4 is 5.32 Å². The van der Waals surface area contributed by atoms with Gasteiger partial charge in [0, 0.05) is 31.4 Å². The van der Waals surface area contributed by atoms with Gasteiger partial charge in [-0.15, -0.1) is 0 Å². The fourth-order valence-electron chi connectivity index (χ4n) is 3.42. The zero-order valence-electron chi connectivity index (χ0n) is 13.4. The second kappa shape index (κ2) is 7.13. The van der Waals surface area contributed by atoms with Gasteiger partial charge in [0.1, 0.15) is 0 Å². The van der Waals surface area contributed by atoms with Crippen LogP contribution in [-0.2, 0) is 24.1 Å². The van der Waals surface area contributed by atoms with Crippen LogP contribution in [0.25, 0.3) is 0 Å². The topological polar surface area (TPSA) is 70.2 Å². The lowest BCUT2D eigenvalue weighted by atomic mass is 10.1. The number of hydrogen-bond donors (Lipinski definition) is 2. The first kappa shape index (κ1) is 15.3. The molecule has 6 nitrogen and oxygen atoms in total. The monoisotopic (exact) mass is 306 g/mol. The van der Waals surface area contributed by atoms with Gasteiger partial charge in [0.05, 0.1) is 12.3 Å². The summed E-state index contributed by atoms with van der Waals surface area (Å²) in [5, 5.41) is 11.3. The van der Waals surface area contributed by atoms with Crippen molar-refractivity contribution < 1.29 is 9.53 Å². The van der Waals surface area contributed by atoms with E-state index in [9.17, 15) is 4.79 Å². The van der Waals surface area contributed by atoms with Gasteiger partial charge in [0.15, 0.2) is 0 Å². The van der Waals surface area contributed by atoms with Crippen LogP contribution >= 0.6 is 0 Å². The lowest BCUT2D eigenvalue weighted by molar-refractivity contribution is 0.115. The van der Waals surface area contributed by atoms with Crippen molar-refractivity contribution >= 4 is 6.09 Å². The Morgan fingerprint density at radius 1 is 1.41 bits per heavy atom. The molecular weight excluding hydrogens is 280 g/mol. The number of carbonyl (C=O) groups excluding carboxylic acids is 1. The Kier molecular flexibility index (Phi) is 4.97. The highest BCUT2D eigenvalue weighted by atomic mass is 16.6. The molecule has 1 saturated heterocycles. The lowest BCUT2D eigenvalue weighted by Gasteiger charge is -2.16. The number of amides is 1. The maximum atomic E-state index is 11.7. The summed E-state index contributed by atoms with van der Waals surface area (Å²) in [5.74, 6) is 0. The van der Waals surface area contributed by atoms with Gasteiger partial charge in [-0.05, 0) is 44.6 Å². The minimum absolute atomic E-state index is 0.194. The van der Waals surface area contributed by atoms with Crippen molar-refractivity contribution in [1.29, 1.82) is 0 Å². The first-order valence-corrected chi connectivity index (χ1v) is 8.48. The van der Waals surface area contributed by atoms with E-state index in [4.69, 9.17) is 4.74 Å². The minimum atomic E-state index is -0.194. The van der Waals surface area contributed by atoms with Gasteiger partial charge in [-0.1, -0.05) is 6.42 Å². The Morgan fingerprint density at radius 2 is 2.27 bits per heavy atom. The summed E-state index contributed by atoms with van der Waals surface area (Å²) in [6.45, 7) is 4.56. The molecular formula is C16H26N4O2. The molecule has 0 saturated carbocycles. The summed E-state index contributed by atoms with van der Waals surface area (Å²) < 4.78 is 5.05. The Balaban J connectivity index is 1.51. The zero-order chi connectivity index (χ0) is 15.4. The molecule has 0 spiro atoms. The van der Waals surface area contributed by atoms with Gasteiger partial charge in [-0.2, -0.15) is 5.10 Å². The number of aromatic amines is 1. The number of H-pyrrole nitrogens is 1. The van der Waals surface area contributed by atoms with E-state index >= 15 is 0 Å². The molecule has 0 unspecified atom stereocenters. The van der Waals surface area contributed by atoms with Crippen LogP contribution in [0, 0.1) is 0 Å². The highest BCUT2D eigenvalue weighted by Gasteiger charge is 2.27. The fourth-order valence-corrected chi connectivity index (χ4v) is 3.42. The van der Waals surface area contributed by atoms with Crippen LogP contribution in [0.15, 0.2) is 0 Å². The van der Waals surface area contributed by atoms with E-state index in [0.29, 0.717) is 12.6 Å². The molecule has 1 fully saturated rings. The third-order valence-corrected chi connectivity index (χ3v) is 4.66. The summed E-state index contributed by atoms with van der Waals surface area (Å²) >= 11 is 0. The van der Waals surface area contributed by atoms with Crippen molar-refractivity contribution in [2.75, 3.05) is 19.7 Å². The van der Waals surface area contributed by atoms with Crippen molar-refractivity contribution in [2.45, 2.75) is 58.0 Å². The molecule has 1 aromatic rings. The van der Waals surface area contributed by atoms with Crippen molar-refractivity contribution in [3.63, 3.8) is 0 Å². The molecule has 122 valence electrons.